The maximum Gasteiger partial charge on any atom is 0.271 e. The molecule has 0 amide bonds. The van der Waals surface area contributed by atoms with E-state index in [0.29, 0.717) is 18.2 Å². The highest BCUT2D eigenvalue weighted by Gasteiger charge is 2.23. The Morgan fingerprint density at radius 1 is 1.45 bits per heavy atom. The summed E-state index contributed by atoms with van der Waals surface area (Å²) >= 11 is 0. The van der Waals surface area contributed by atoms with E-state index in [4.69, 9.17) is 5.73 Å². The number of hydrogen-bond acceptors (Lipinski definition) is 4. The summed E-state index contributed by atoms with van der Waals surface area (Å²) < 4.78 is 0. The molecule has 0 radical (unpaired) electrons. The third-order valence-electron chi connectivity index (χ3n) is 4.14. The molecule has 0 aliphatic carbocycles. The highest BCUT2D eigenvalue weighted by Crippen LogP contribution is 2.16. The van der Waals surface area contributed by atoms with Gasteiger partial charge in [0.15, 0.2) is 0 Å². The van der Waals surface area contributed by atoms with Gasteiger partial charge in [0.2, 0.25) is 0 Å². The molecule has 1 aromatic carbocycles. The number of fused-ring (bicyclic) bond motifs is 1. The normalized spacial score (nSPS) is 24.1. The van der Waals surface area contributed by atoms with E-state index in [1.165, 1.54) is 0 Å². The Bertz CT molecular complexity index is 666. The molecule has 0 saturated carbocycles. The van der Waals surface area contributed by atoms with Gasteiger partial charge < -0.3 is 10.7 Å². The average molecular weight is 272 g/mol. The van der Waals surface area contributed by atoms with Gasteiger partial charge in [-0.2, -0.15) is 0 Å². The van der Waals surface area contributed by atoms with Crippen LogP contribution in [0.1, 0.15) is 19.0 Å². The van der Waals surface area contributed by atoms with Crippen molar-refractivity contribution in [1.29, 1.82) is 0 Å². The van der Waals surface area contributed by atoms with Crippen LogP contribution in [0, 0.1) is 5.92 Å². The zero-order valence-corrected chi connectivity index (χ0v) is 11.7. The van der Waals surface area contributed by atoms with Crippen LogP contribution in [0.15, 0.2) is 29.1 Å². The molecule has 1 saturated heterocycles. The smallest absolute Gasteiger partial charge is 0.271 e. The molecular formula is C15H20N4O. The molecule has 1 aliphatic heterocycles. The Kier molecular flexibility index (Phi) is 3.54. The number of nitrogens with two attached hydrogens (primary N) is 1. The lowest BCUT2D eigenvalue weighted by Gasteiger charge is -2.34. The topological polar surface area (TPSA) is 75.0 Å². The highest BCUT2D eigenvalue weighted by atomic mass is 16.1. The Balaban J connectivity index is 1.84. The Hall–Kier alpha value is -1.72. The summed E-state index contributed by atoms with van der Waals surface area (Å²) in [5, 5.41) is 0. The van der Waals surface area contributed by atoms with E-state index in [1.807, 2.05) is 24.3 Å². The molecule has 1 aromatic heterocycles. The summed E-state index contributed by atoms with van der Waals surface area (Å²) in [6.45, 7) is 4.56. The van der Waals surface area contributed by atoms with Crippen LogP contribution in [0.25, 0.3) is 11.0 Å². The van der Waals surface area contributed by atoms with Crippen molar-refractivity contribution in [3.63, 3.8) is 0 Å². The Labute approximate surface area is 117 Å². The number of H-pyrrole nitrogens is 1. The minimum Gasteiger partial charge on any atom is -0.326 e. The number of nitrogens with zero attached hydrogens (tertiary/aromatic N) is 2. The van der Waals surface area contributed by atoms with Crippen molar-refractivity contribution < 1.29 is 0 Å². The number of para-hydroxylation sites is 2. The van der Waals surface area contributed by atoms with Gasteiger partial charge in [0.25, 0.3) is 5.56 Å². The lowest BCUT2D eigenvalue weighted by Crippen LogP contribution is -2.47. The molecule has 5 nitrogen and oxygen atoms in total. The minimum absolute atomic E-state index is 0.101. The number of rotatable bonds is 2. The lowest BCUT2D eigenvalue weighted by molar-refractivity contribution is 0.160. The quantitative estimate of drug-likeness (QED) is 0.858. The first-order chi connectivity index (χ1) is 9.63. The van der Waals surface area contributed by atoms with Crippen LogP contribution in [-0.4, -0.2) is 34.0 Å². The fourth-order valence-electron chi connectivity index (χ4n) is 2.70. The standard InChI is InChI=1S/C15H20N4O/c1-10-6-7-19(8-11(10)16)9-14-15(20)18-13-5-3-2-4-12(13)17-14/h2-5,10-11H,6-9,16H2,1H3,(H,18,20). The van der Waals surface area contributed by atoms with Crippen LogP contribution in [0.4, 0.5) is 0 Å². The van der Waals surface area contributed by atoms with Gasteiger partial charge in [-0.15, -0.1) is 0 Å². The van der Waals surface area contributed by atoms with Crippen LogP contribution >= 0.6 is 0 Å². The molecule has 2 unspecified atom stereocenters. The van der Waals surface area contributed by atoms with Gasteiger partial charge >= 0.3 is 0 Å². The molecule has 1 fully saturated rings. The van der Waals surface area contributed by atoms with Crippen LogP contribution < -0.4 is 11.3 Å². The molecule has 5 heteroatoms. The van der Waals surface area contributed by atoms with Crippen molar-refractivity contribution in [3.05, 3.63) is 40.3 Å². The van der Waals surface area contributed by atoms with Gasteiger partial charge in [0.1, 0.15) is 5.69 Å². The number of benzene rings is 1. The van der Waals surface area contributed by atoms with Crippen LogP contribution in [0.2, 0.25) is 0 Å². The highest BCUT2D eigenvalue weighted by molar-refractivity contribution is 5.73. The van der Waals surface area contributed by atoms with Gasteiger partial charge in [-0.3, -0.25) is 9.69 Å². The predicted octanol–water partition coefficient (Wildman–Crippen LogP) is 1.09. The average Bonchev–Trinajstić information content (AvgIpc) is 2.44. The zero-order valence-electron chi connectivity index (χ0n) is 11.7. The molecule has 20 heavy (non-hydrogen) atoms. The van der Waals surface area contributed by atoms with Gasteiger partial charge in [0.05, 0.1) is 11.0 Å². The number of piperidine rings is 1. The second kappa shape index (κ2) is 5.34. The van der Waals surface area contributed by atoms with Crippen molar-refractivity contribution in [2.24, 2.45) is 11.7 Å². The second-order valence-corrected chi connectivity index (χ2v) is 5.69. The first-order valence-corrected chi connectivity index (χ1v) is 7.09. The number of likely N-dealkylation sites (tertiary alicyclic amines) is 1. The Morgan fingerprint density at radius 2 is 2.25 bits per heavy atom. The van der Waals surface area contributed by atoms with E-state index < -0.39 is 0 Å². The molecular weight excluding hydrogens is 252 g/mol. The molecule has 0 bridgehead atoms. The van der Waals surface area contributed by atoms with Gasteiger partial charge in [-0.1, -0.05) is 19.1 Å². The van der Waals surface area contributed by atoms with Gasteiger partial charge in [-0.05, 0) is 31.0 Å². The summed E-state index contributed by atoms with van der Waals surface area (Å²) in [6, 6.07) is 7.79. The fourth-order valence-corrected chi connectivity index (χ4v) is 2.70. The molecule has 3 N–H and O–H groups in total. The van der Waals surface area contributed by atoms with Gasteiger partial charge in [-0.25, -0.2) is 4.98 Å². The number of aromatic amines is 1. The SMILES string of the molecule is CC1CCN(Cc2nc3ccccc3[nH]c2=O)CC1N. The van der Waals surface area contributed by atoms with Crippen molar-refractivity contribution in [2.75, 3.05) is 13.1 Å². The van der Waals surface area contributed by atoms with Gasteiger partial charge in [0, 0.05) is 19.1 Å². The van der Waals surface area contributed by atoms with Crippen molar-refractivity contribution in [3.8, 4) is 0 Å². The summed E-state index contributed by atoms with van der Waals surface area (Å²) in [6.07, 6.45) is 1.08. The maximum absolute atomic E-state index is 12.1. The van der Waals surface area contributed by atoms with Crippen LogP contribution in [0.3, 0.4) is 0 Å². The van der Waals surface area contributed by atoms with Crippen molar-refractivity contribution in [2.45, 2.75) is 25.9 Å². The van der Waals surface area contributed by atoms with E-state index in [9.17, 15) is 4.79 Å². The van der Waals surface area contributed by atoms with E-state index in [0.717, 1.165) is 30.5 Å². The summed E-state index contributed by atoms with van der Waals surface area (Å²) in [5.41, 5.74) is 8.19. The summed E-state index contributed by atoms with van der Waals surface area (Å²) in [7, 11) is 0. The van der Waals surface area contributed by atoms with Crippen molar-refractivity contribution in [1.82, 2.24) is 14.9 Å². The fraction of sp³-hybridized carbons (Fsp3) is 0.467. The van der Waals surface area contributed by atoms with Crippen molar-refractivity contribution >= 4 is 11.0 Å². The summed E-state index contributed by atoms with van der Waals surface area (Å²) in [5.74, 6) is 0.550. The number of aromatic nitrogens is 2. The predicted molar refractivity (Wildman–Crippen MR) is 79.4 cm³/mol. The molecule has 106 valence electrons. The maximum atomic E-state index is 12.1. The summed E-state index contributed by atoms with van der Waals surface area (Å²) in [4.78, 5) is 21.7. The third-order valence-corrected chi connectivity index (χ3v) is 4.14. The largest absolute Gasteiger partial charge is 0.326 e. The molecule has 1 aliphatic rings. The number of nitrogens with one attached hydrogen (secondary N) is 1. The van der Waals surface area contributed by atoms with Crippen LogP contribution in [0.5, 0.6) is 0 Å². The third kappa shape index (κ3) is 2.59. The molecule has 2 heterocycles. The first kappa shape index (κ1) is 13.3. The zero-order chi connectivity index (χ0) is 14.1. The van der Waals surface area contributed by atoms with E-state index in [2.05, 4.69) is 21.8 Å². The van der Waals surface area contributed by atoms with E-state index in [1.54, 1.807) is 0 Å². The minimum atomic E-state index is -0.101. The number of hydrogen-bond donors (Lipinski definition) is 2. The van der Waals surface area contributed by atoms with Crippen LogP contribution in [-0.2, 0) is 6.54 Å². The van der Waals surface area contributed by atoms with E-state index in [-0.39, 0.29) is 11.6 Å². The molecule has 2 atom stereocenters. The monoisotopic (exact) mass is 272 g/mol. The molecule has 2 aromatic rings. The first-order valence-electron chi connectivity index (χ1n) is 7.09. The molecule has 3 rings (SSSR count). The lowest BCUT2D eigenvalue weighted by atomic mass is 9.94. The molecule has 0 spiro atoms. The Morgan fingerprint density at radius 3 is 3.05 bits per heavy atom. The second-order valence-electron chi connectivity index (χ2n) is 5.69. The van der Waals surface area contributed by atoms with E-state index >= 15 is 0 Å².